The van der Waals surface area contributed by atoms with Crippen molar-refractivity contribution in [1.29, 1.82) is 0 Å². The van der Waals surface area contributed by atoms with E-state index in [9.17, 15) is 9.18 Å². The van der Waals surface area contributed by atoms with Gasteiger partial charge in [0.2, 0.25) is 0 Å². The average molecular weight is 270 g/mol. The number of benzene rings is 1. The maximum Gasteiger partial charge on any atom is 0.315 e. The van der Waals surface area contributed by atoms with E-state index in [1.165, 1.54) is 19.2 Å². The van der Waals surface area contributed by atoms with E-state index >= 15 is 0 Å². The second-order valence-electron chi connectivity index (χ2n) is 4.32. The molecule has 1 unspecified atom stereocenters. The third-order valence-corrected chi connectivity index (χ3v) is 2.58. The van der Waals surface area contributed by atoms with Crippen LogP contribution in [0.5, 0.6) is 5.75 Å². The maximum atomic E-state index is 13.5. The summed E-state index contributed by atoms with van der Waals surface area (Å²) >= 11 is 0. The van der Waals surface area contributed by atoms with Crippen LogP contribution in [0.2, 0.25) is 0 Å². The van der Waals surface area contributed by atoms with Crippen LogP contribution in [0, 0.1) is 5.82 Å². The van der Waals surface area contributed by atoms with Crippen LogP contribution in [0.3, 0.4) is 0 Å². The molecule has 0 fully saturated rings. The summed E-state index contributed by atoms with van der Waals surface area (Å²) in [7, 11) is 1.39. The first-order valence-corrected chi connectivity index (χ1v) is 6.00. The third kappa shape index (κ3) is 4.75. The molecule has 0 aliphatic heterocycles. The normalized spacial score (nSPS) is 13.5. The van der Waals surface area contributed by atoms with Crippen LogP contribution in [0.15, 0.2) is 18.2 Å². The Morgan fingerprint density at radius 3 is 2.68 bits per heavy atom. The fraction of sp³-hybridized carbons (Fsp3) is 0.462. The first kappa shape index (κ1) is 15.2. The van der Waals surface area contributed by atoms with Gasteiger partial charge in [0, 0.05) is 6.54 Å². The molecular formula is C13H19FN2O3. The number of aliphatic hydroxyl groups is 1. The molecule has 106 valence electrons. The number of hydrogen-bond donors (Lipinski definition) is 3. The van der Waals surface area contributed by atoms with Gasteiger partial charge in [-0.2, -0.15) is 0 Å². The van der Waals surface area contributed by atoms with E-state index in [0.717, 1.165) is 0 Å². The lowest BCUT2D eigenvalue weighted by Gasteiger charge is -2.16. The highest BCUT2D eigenvalue weighted by atomic mass is 19.1. The van der Waals surface area contributed by atoms with E-state index < -0.39 is 18.0 Å². The van der Waals surface area contributed by atoms with Gasteiger partial charge in [-0.15, -0.1) is 0 Å². The van der Waals surface area contributed by atoms with Crippen molar-refractivity contribution in [3.05, 3.63) is 29.6 Å². The molecule has 0 saturated heterocycles. The van der Waals surface area contributed by atoms with Gasteiger partial charge in [0.25, 0.3) is 0 Å². The number of carbonyl (C=O) groups is 1. The topological polar surface area (TPSA) is 70.6 Å². The quantitative estimate of drug-likeness (QED) is 0.760. The third-order valence-electron chi connectivity index (χ3n) is 2.58. The van der Waals surface area contributed by atoms with Gasteiger partial charge < -0.3 is 20.5 Å². The fourth-order valence-corrected chi connectivity index (χ4v) is 1.52. The lowest BCUT2D eigenvalue weighted by Crippen LogP contribution is -2.40. The zero-order valence-corrected chi connectivity index (χ0v) is 11.2. The Bertz CT molecular complexity index is 438. The lowest BCUT2D eigenvalue weighted by molar-refractivity contribution is 0.187. The Labute approximate surface area is 111 Å². The van der Waals surface area contributed by atoms with Gasteiger partial charge in [-0.25, -0.2) is 9.18 Å². The monoisotopic (exact) mass is 270 g/mol. The minimum Gasteiger partial charge on any atom is -0.494 e. The van der Waals surface area contributed by atoms with E-state index in [2.05, 4.69) is 10.6 Å². The number of carbonyl (C=O) groups excluding carboxylic acids is 1. The second-order valence-corrected chi connectivity index (χ2v) is 4.32. The van der Waals surface area contributed by atoms with Crippen LogP contribution >= 0.6 is 0 Å². The summed E-state index contributed by atoms with van der Waals surface area (Å²) in [5.74, 6) is -0.312. The highest BCUT2D eigenvalue weighted by Crippen LogP contribution is 2.21. The predicted octanol–water partition coefficient (Wildman–Crippen LogP) is 1.58. The highest BCUT2D eigenvalue weighted by molar-refractivity contribution is 5.74. The maximum absolute atomic E-state index is 13.5. The molecule has 0 aliphatic carbocycles. The molecule has 3 N–H and O–H groups in total. The molecule has 0 bridgehead atoms. The molecule has 0 aromatic heterocycles. The van der Waals surface area contributed by atoms with Crippen molar-refractivity contribution in [2.75, 3.05) is 13.7 Å². The SMILES string of the molecule is COc1ccc(C(C)NC(=O)NC[C@@H](C)O)cc1F. The van der Waals surface area contributed by atoms with Crippen molar-refractivity contribution < 1.29 is 19.0 Å². The number of urea groups is 1. The summed E-state index contributed by atoms with van der Waals surface area (Å²) in [6.45, 7) is 3.47. The minimum atomic E-state index is -0.612. The van der Waals surface area contributed by atoms with E-state index in [0.29, 0.717) is 5.56 Å². The predicted molar refractivity (Wildman–Crippen MR) is 69.6 cm³/mol. The van der Waals surface area contributed by atoms with Crippen molar-refractivity contribution in [2.45, 2.75) is 26.0 Å². The Kier molecular flexibility index (Phi) is 5.57. The van der Waals surface area contributed by atoms with Crippen molar-refractivity contribution in [3.8, 4) is 5.75 Å². The summed E-state index contributed by atoms with van der Waals surface area (Å²) in [4.78, 5) is 11.5. The number of aliphatic hydroxyl groups excluding tert-OH is 1. The minimum absolute atomic E-state index is 0.162. The first-order chi connectivity index (χ1) is 8.93. The van der Waals surface area contributed by atoms with Crippen molar-refractivity contribution in [3.63, 3.8) is 0 Å². The van der Waals surface area contributed by atoms with Crippen LogP contribution in [-0.2, 0) is 0 Å². The molecule has 0 radical (unpaired) electrons. The molecule has 6 heteroatoms. The molecule has 1 aromatic carbocycles. The molecule has 2 amide bonds. The number of nitrogens with one attached hydrogen (secondary N) is 2. The second kappa shape index (κ2) is 6.94. The molecular weight excluding hydrogens is 251 g/mol. The summed E-state index contributed by atoms with van der Waals surface area (Å²) in [5, 5.41) is 14.2. The summed E-state index contributed by atoms with van der Waals surface area (Å²) in [6, 6.07) is 3.75. The van der Waals surface area contributed by atoms with E-state index in [1.807, 2.05) is 0 Å². The zero-order chi connectivity index (χ0) is 14.4. The van der Waals surface area contributed by atoms with Gasteiger partial charge in [-0.1, -0.05) is 6.07 Å². The van der Waals surface area contributed by atoms with Crippen LogP contribution in [0.4, 0.5) is 9.18 Å². The van der Waals surface area contributed by atoms with E-state index in [-0.39, 0.29) is 18.3 Å². The molecule has 1 rings (SSSR count). The molecule has 1 aromatic rings. The van der Waals surface area contributed by atoms with Gasteiger partial charge in [0.15, 0.2) is 11.6 Å². The number of ether oxygens (including phenoxy) is 1. The Morgan fingerprint density at radius 1 is 1.47 bits per heavy atom. The van der Waals surface area contributed by atoms with Crippen molar-refractivity contribution >= 4 is 6.03 Å². The smallest absolute Gasteiger partial charge is 0.315 e. The van der Waals surface area contributed by atoms with Gasteiger partial charge in [-0.3, -0.25) is 0 Å². The van der Waals surface area contributed by atoms with Gasteiger partial charge in [0.05, 0.1) is 19.3 Å². The van der Waals surface area contributed by atoms with E-state index in [1.54, 1.807) is 19.9 Å². The van der Waals surface area contributed by atoms with E-state index in [4.69, 9.17) is 9.84 Å². The van der Waals surface area contributed by atoms with Gasteiger partial charge in [-0.05, 0) is 31.5 Å². The van der Waals surface area contributed by atoms with Crippen molar-refractivity contribution in [1.82, 2.24) is 10.6 Å². The standard InChI is InChI=1S/C13H19FN2O3/c1-8(17)7-15-13(18)16-9(2)10-4-5-12(19-3)11(14)6-10/h4-6,8-9,17H,7H2,1-3H3,(H2,15,16,18)/t8-,9?/m1/s1. The summed E-state index contributed by atoms with van der Waals surface area (Å²) in [6.07, 6.45) is -0.612. The molecule has 2 atom stereocenters. The van der Waals surface area contributed by atoms with Crippen LogP contribution < -0.4 is 15.4 Å². The average Bonchev–Trinajstić information content (AvgIpc) is 2.36. The molecule has 0 heterocycles. The number of hydrogen-bond acceptors (Lipinski definition) is 3. The molecule has 0 spiro atoms. The largest absolute Gasteiger partial charge is 0.494 e. The molecule has 0 aliphatic rings. The van der Waals surface area contributed by atoms with Crippen LogP contribution in [0.25, 0.3) is 0 Å². The van der Waals surface area contributed by atoms with Gasteiger partial charge >= 0.3 is 6.03 Å². The molecule has 0 saturated carbocycles. The molecule has 19 heavy (non-hydrogen) atoms. The fourth-order valence-electron chi connectivity index (χ4n) is 1.52. The van der Waals surface area contributed by atoms with Gasteiger partial charge in [0.1, 0.15) is 0 Å². The Morgan fingerprint density at radius 2 is 2.16 bits per heavy atom. The first-order valence-electron chi connectivity index (χ1n) is 6.00. The number of amides is 2. The van der Waals surface area contributed by atoms with Crippen LogP contribution in [0.1, 0.15) is 25.5 Å². The summed E-state index contributed by atoms with van der Waals surface area (Å²) < 4.78 is 18.3. The zero-order valence-electron chi connectivity index (χ0n) is 11.2. The highest BCUT2D eigenvalue weighted by Gasteiger charge is 2.12. The van der Waals surface area contributed by atoms with Crippen LogP contribution in [-0.4, -0.2) is 30.9 Å². The molecule has 5 nitrogen and oxygen atoms in total. The van der Waals surface area contributed by atoms with Crippen molar-refractivity contribution in [2.24, 2.45) is 0 Å². The Hall–Kier alpha value is -1.82. The number of methoxy groups -OCH3 is 1. The number of rotatable bonds is 5. The summed E-state index contributed by atoms with van der Waals surface area (Å²) in [5.41, 5.74) is 0.630. The lowest BCUT2D eigenvalue weighted by atomic mass is 10.1. The number of halogens is 1. The Balaban J connectivity index is 2.60.